The van der Waals surface area contributed by atoms with E-state index in [-0.39, 0.29) is 5.91 Å². The minimum atomic E-state index is -0.338. The van der Waals surface area contributed by atoms with Gasteiger partial charge in [0.25, 0.3) is 5.91 Å². The summed E-state index contributed by atoms with van der Waals surface area (Å²) < 4.78 is 0.580. The Morgan fingerprint density at radius 2 is 2.47 bits per heavy atom. The average Bonchev–Trinajstić information content (AvgIpc) is 2.70. The van der Waals surface area contributed by atoms with Gasteiger partial charge in [-0.25, -0.2) is 4.98 Å². The van der Waals surface area contributed by atoms with E-state index < -0.39 is 0 Å². The van der Waals surface area contributed by atoms with E-state index >= 15 is 0 Å². The number of thiazole rings is 1. The summed E-state index contributed by atoms with van der Waals surface area (Å²) in [5.74, 6) is -0.338. The molecule has 0 saturated carbocycles. The van der Waals surface area contributed by atoms with Crippen molar-refractivity contribution < 1.29 is 9.52 Å². The summed E-state index contributed by atoms with van der Waals surface area (Å²) in [6, 6.07) is 3.08. The molecule has 0 bridgehead atoms. The van der Waals surface area contributed by atoms with Gasteiger partial charge in [0.2, 0.25) is 0 Å². The van der Waals surface area contributed by atoms with Crippen molar-refractivity contribution >= 4 is 22.4 Å². The van der Waals surface area contributed by atoms with Crippen LogP contribution in [0.3, 0.4) is 0 Å². The highest BCUT2D eigenvalue weighted by Crippen LogP contribution is 2.11. The predicted molar refractivity (Wildman–Crippen MR) is 55.5 cm³/mol. The Balaban J connectivity index is 2.15. The number of carbonyl (C=O) groups is 1. The first kappa shape index (κ1) is 9.60. The lowest BCUT2D eigenvalue weighted by Gasteiger charge is -2.00. The third kappa shape index (κ3) is 2.29. The van der Waals surface area contributed by atoms with Gasteiger partial charge in [0.15, 0.2) is 17.5 Å². The summed E-state index contributed by atoms with van der Waals surface area (Å²) in [5, 5.41) is 15.8. The van der Waals surface area contributed by atoms with Gasteiger partial charge in [-0.05, 0) is 6.07 Å². The van der Waals surface area contributed by atoms with Crippen LogP contribution in [0, 0.1) is 5.21 Å². The number of anilines is 1. The van der Waals surface area contributed by atoms with Crippen LogP contribution in [0.5, 0.6) is 0 Å². The average molecular weight is 221 g/mol. The fourth-order valence-electron chi connectivity index (χ4n) is 1.04. The van der Waals surface area contributed by atoms with E-state index in [1.165, 1.54) is 29.8 Å². The first-order chi connectivity index (χ1) is 7.25. The van der Waals surface area contributed by atoms with Gasteiger partial charge in [-0.2, -0.15) is 4.73 Å². The fourth-order valence-corrected chi connectivity index (χ4v) is 1.57. The van der Waals surface area contributed by atoms with Crippen LogP contribution < -0.4 is 10.0 Å². The van der Waals surface area contributed by atoms with E-state index in [1.807, 2.05) is 0 Å². The largest absolute Gasteiger partial charge is 0.619 e. The van der Waals surface area contributed by atoms with Gasteiger partial charge in [0.1, 0.15) is 5.56 Å². The molecule has 0 unspecified atom stereocenters. The molecule has 0 aliphatic heterocycles. The molecule has 0 fully saturated rings. The zero-order chi connectivity index (χ0) is 10.7. The predicted octanol–water partition coefficient (Wildman–Crippen LogP) is 1.03. The molecule has 2 heterocycles. The number of nitrogens with one attached hydrogen (secondary N) is 1. The van der Waals surface area contributed by atoms with Crippen LogP contribution in [-0.2, 0) is 0 Å². The van der Waals surface area contributed by atoms with E-state index in [4.69, 9.17) is 0 Å². The van der Waals surface area contributed by atoms with Gasteiger partial charge in [-0.3, -0.25) is 10.1 Å². The van der Waals surface area contributed by atoms with Crippen LogP contribution in [0.2, 0.25) is 0 Å². The molecule has 0 aliphatic rings. The highest BCUT2D eigenvalue weighted by atomic mass is 32.1. The second-order valence-electron chi connectivity index (χ2n) is 2.74. The second kappa shape index (κ2) is 4.05. The van der Waals surface area contributed by atoms with Crippen LogP contribution in [0.4, 0.5) is 5.13 Å². The van der Waals surface area contributed by atoms with E-state index in [0.717, 1.165) is 0 Å². The van der Waals surface area contributed by atoms with E-state index in [0.29, 0.717) is 15.4 Å². The molecule has 6 heteroatoms. The van der Waals surface area contributed by atoms with Gasteiger partial charge in [0.05, 0.1) is 0 Å². The number of hydrogen-bond donors (Lipinski definition) is 1. The molecule has 15 heavy (non-hydrogen) atoms. The lowest BCUT2D eigenvalue weighted by molar-refractivity contribution is -0.605. The van der Waals surface area contributed by atoms with Gasteiger partial charge < -0.3 is 5.21 Å². The summed E-state index contributed by atoms with van der Waals surface area (Å²) in [6.07, 6.45) is 4.13. The van der Waals surface area contributed by atoms with Crippen molar-refractivity contribution in [3.05, 3.63) is 46.9 Å². The summed E-state index contributed by atoms with van der Waals surface area (Å²) in [6.45, 7) is 0. The van der Waals surface area contributed by atoms with Crippen molar-refractivity contribution in [1.82, 2.24) is 4.98 Å². The Kier molecular flexibility index (Phi) is 2.59. The lowest BCUT2D eigenvalue weighted by Crippen LogP contribution is -2.27. The van der Waals surface area contributed by atoms with Crippen LogP contribution in [-0.4, -0.2) is 10.9 Å². The smallest absolute Gasteiger partial charge is 0.263 e. The Bertz CT molecular complexity index is 470. The van der Waals surface area contributed by atoms with Gasteiger partial charge in [0, 0.05) is 17.6 Å². The summed E-state index contributed by atoms with van der Waals surface area (Å²) in [5.41, 5.74) is 0.308. The van der Waals surface area contributed by atoms with Crippen molar-refractivity contribution in [2.45, 2.75) is 0 Å². The first-order valence-electron chi connectivity index (χ1n) is 4.15. The molecular weight excluding hydrogens is 214 g/mol. The Hall–Kier alpha value is -1.95. The van der Waals surface area contributed by atoms with E-state index in [1.54, 1.807) is 17.6 Å². The molecule has 0 spiro atoms. The monoisotopic (exact) mass is 221 g/mol. The van der Waals surface area contributed by atoms with Crippen molar-refractivity contribution in [1.29, 1.82) is 0 Å². The molecule has 5 nitrogen and oxygen atoms in total. The number of nitrogens with zero attached hydrogens (tertiary/aromatic N) is 2. The van der Waals surface area contributed by atoms with E-state index in [2.05, 4.69) is 10.3 Å². The standard InChI is InChI=1S/C9H7N3O2S/c13-8(11-9-10-3-5-15-9)7-2-1-4-12(14)6-7/h1-6H,(H,10,11,13). The molecule has 0 saturated heterocycles. The van der Waals surface area contributed by atoms with Crippen LogP contribution in [0.25, 0.3) is 0 Å². The Morgan fingerprint density at radius 3 is 3.13 bits per heavy atom. The molecule has 0 aliphatic carbocycles. The molecule has 2 aromatic heterocycles. The molecule has 76 valence electrons. The minimum Gasteiger partial charge on any atom is -0.619 e. The normalized spacial score (nSPS) is 9.87. The number of amides is 1. The molecule has 0 aromatic carbocycles. The summed E-state index contributed by atoms with van der Waals surface area (Å²) in [7, 11) is 0. The van der Waals surface area contributed by atoms with Crippen LogP contribution in [0.15, 0.2) is 36.1 Å². The van der Waals surface area contributed by atoms with Gasteiger partial charge in [-0.1, -0.05) is 0 Å². The van der Waals surface area contributed by atoms with Crippen molar-refractivity contribution in [2.24, 2.45) is 0 Å². The van der Waals surface area contributed by atoms with Crippen LogP contribution >= 0.6 is 11.3 Å². The molecule has 2 rings (SSSR count). The number of rotatable bonds is 2. The fraction of sp³-hybridized carbons (Fsp3) is 0. The van der Waals surface area contributed by atoms with Crippen molar-refractivity contribution in [2.75, 3.05) is 5.32 Å². The number of carbonyl (C=O) groups excluding carboxylic acids is 1. The third-order valence-electron chi connectivity index (χ3n) is 1.69. The van der Waals surface area contributed by atoms with Crippen molar-refractivity contribution in [3.63, 3.8) is 0 Å². The molecule has 1 amide bonds. The SMILES string of the molecule is O=C(Nc1nccs1)c1ccc[n+]([O-])c1. The second-order valence-corrected chi connectivity index (χ2v) is 3.64. The molecule has 2 aromatic rings. The maximum Gasteiger partial charge on any atom is 0.263 e. The minimum absolute atomic E-state index is 0.308. The van der Waals surface area contributed by atoms with Crippen LogP contribution in [0.1, 0.15) is 10.4 Å². The zero-order valence-electron chi connectivity index (χ0n) is 7.58. The third-order valence-corrected chi connectivity index (χ3v) is 2.38. The van der Waals surface area contributed by atoms with Crippen molar-refractivity contribution in [3.8, 4) is 0 Å². The summed E-state index contributed by atoms with van der Waals surface area (Å²) in [4.78, 5) is 15.5. The quantitative estimate of drug-likeness (QED) is 0.608. The lowest BCUT2D eigenvalue weighted by atomic mass is 10.3. The number of aromatic nitrogens is 2. The topological polar surface area (TPSA) is 68.9 Å². The van der Waals surface area contributed by atoms with Gasteiger partial charge in [-0.15, -0.1) is 11.3 Å². The molecule has 0 atom stereocenters. The van der Waals surface area contributed by atoms with Gasteiger partial charge >= 0.3 is 0 Å². The Labute approximate surface area is 89.6 Å². The molecule has 0 radical (unpaired) electrons. The summed E-state index contributed by atoms with van der Waals surface area (Å²) >= 11 is 1.32. The zero-order valence-corrected chi connectivity index (χ0v) is 8.40. The molecule has 1 N–H and O–H groups in total. The molecular formula is C9H7N3O2S. The highest BCUT2D eigenvalue weighted by Gasteiger charge is 2.09. The highest BCUT2D eigenvalue weighted by molar-refractivity contribution is 7.13. The first-order valence-corrected chi connectivity index (χ1v) is 5.03. The number of hydrogen-bond acceptors (Lipinski definition) is 4. The van der Waals surface area contributed by atoms with E-state index in [9.17, 15) is 10.0 Å². The maximum atomic E-state index is 11.6. The maximum absolute atomic E-state index is 11.6. The number of pyridine rings is 1. The Morgan fingerprint density at radius 1 is 1.60 bits per heavy atom.